The highest BCUT2D eigenvalue weighted by atomic mass is 79.9. The van der Waals surface area contributed by atoms with Crippen LogP contribution in [0, 0.1) is 11.6 Å². The maximum atomic E-state index is 14.4. The summed E-state index contributed by atoms with van der Waals surface area (Å²) in [6.45, 7) is 0.770. The normalized spacial score (nSPS) is 10.9. The lowest BCUT2D eigenvalue weighted by Gasteiger charge is -2.26. The molecule has 0 aliphatic heterocycles. The zero-order valence-electron chi connectivity index (χ0n) is 20.3. The summed E-state index contributed by atoms with van der Waals surface area (Å²) in [6, 6.07) is 15.3. The van der Waals surface area contributed by atoms with Crippen molar-refractivity contribution in [3.05, 3.63) is 81.8 Å². The number of aromatic nitrogens is 1. The topological polar surface area (TPSA) is 53.1 Å². The largest absolute Gasteiger partial charge is 0.497 e. The van der Waals surface area contributed by atoms with E-state index in [0.717, 1.165) is 17.2 Å². The third kappa shape index (κ3) is 5.16. The van der Waals surface area contributed by atoms with E-state index in [9.17, 15) is 8.78 Å². The summed E-state index contributed by atoms with van der Waals surface area (Å²) >= 11 is 3.22. The summed E-state index contributed by atoms with van der Waals surface area (Å²) in [5, 5.41) is 0.219. The molecule has 4 rings (SSSR count). The van der Waals surface area contributed by atoms with Crippen LogP contribution in [0.2, 0.25) is 0 Å². The summed E-state index contributed by atoms with van der Waals surface area (Å²) < 4.78 is 50.6. The van der Waals surface area contributed by atoms with Crippen LogP contribution in [-0.4, -0.2) is 33.4 Å². The SMILES string of the molecule is COc1ccc(CN(Cc2ccc(OC)cc2OC)c2ccc3c(F)cc(F)c(Br)c3n2)c(OC)c1. The van der Waals surface area contributed by atoms with Crippen LogP contribution in [0.25, 0.3) is 10.9 Å². The van der Waals surface area contributed by atoms with E-state index in [1.165, 1.54) is 0 Å². The van der Waals surface area contributed by atoms with Crippen LogP contribution in [0.4, 0.5) is 14.6 Å². The Morgan fingerprint density at radius 1 is 0.722 bits per heavy atom. The van der Waals surface area contributed by atoms with E-state index in [-0.39, 0.29) is 15.4 Å². The van der Waals surface area contributed by atoms with Crippen LogP contribution in [0.5, 0.6) is 23.0 Å². The second kappa shape index (κ2) is 11.0. The molecule has 0 atom stereocenters. The number of benzene rings is 3. The van der Waals surface area contributed by atoms with Gasteiger partial charge in [-0.2, -0.15) is 0 Å². The van der Waals surface area contributed by atoms with Crippen LogP contribution in [0.15, 0.2) is 59.1 Å². The molecule has 0 N–H and O–H groups in total. The van der Waals surface area contributed by atoms with Gasteiger partial charge in [-0.1, -0.05) is 0 Å². The molecule has 0 bridgehead atoms. The lowest BCUT2D eigenvalue weighted by molar-refractivity contribution is 0.389. The molecule has 0 saturated heterocycles. The highest BCUT2D eigenvalue weighted by molar-refractivity contribution is 9.10. The van der Waals surface area contributed by atoms with Crippen molar-refractivity contribution in [2.75, 3.05) is 33.3 Å². The summed E-state index contributed by atoms with van der Waals surface area (Å²) in [5.41, 5.74) is 1.94. The average Bonchev–Trinajstić information content (AvgIpc) is 2.91. The number of pyridine rings is 1. The van der Waals surface area contributed by atoms with Gasteiger partial charge in [0.25, 0.3) is 0 Å². The quantitative estimate of drug-likeness (QED) is 0.218. The minimum atomic E-state index is -0.718. The van der Waals surface area contributed by atoms with Crippen LogP contribution in [0.1, 0.15) is 11.1 Å². The van der Waals surface area contributed by atoms with Crippen molar-refractivity contribution < 1.29 is 27.7 Å². The molecule has 4 aromatic rings. The van der Waals surface area contributed by atoms with Gasteiger partial charge in [-0.25, -0.2) is 13.8 Å². The van der Waals surface area contributed by atoms with Gasteiger partial charge in [-0.3, -0.25) is 0 Å². The second-order valence-corrected chi connectivity index (χ2v) is 8.72. The highest BCUT2D eigenvalue weighted by Crippen LogP contribution is 2.34. The van der Waals surface area contributed by atoms with Crippen molar-refractivity contribution in [3.8, 4) is 23.0 Å². The molecule has 36 heavy (non-hydrogen) atoms. The Bertz CT molecular complexity index is 1340. The fourth-order valence-corrected chi connectivity index (χ4v) is 4.36. The van der Waals surface area contributed by atoms with Gasteiger partial charge in [0.15, 0.2) is 0 Å². The number of hydrogen-bond donors (Lipinski definition) is 0. The van der Waals surface area contributed by atoms with E-state index in [4.69, 9.17) is 18.9 Å². The van der Waals surface area contributed by atoms with Crippen molar-refractivity contribution in [3.63, 3.8) is 0 Å². The molecule has 6 nitrogen and oxygen atoms in total. The number of nitrogens with zero attached hydrogens (tertiary/aromatic N) is 2. The smallest absolute Gasteiger partial charge is 0.142 e. The van der Waals surface area contributed by atoms with Gasteiger partial charge < -0.3 is 23.8 Å². The molecule has 0 aliphatic rings. The van der Waals surface area contributed by atoms with Crippen LogP contribution in [0.3, 0.4) is 0 Å². The van der Waals surface area contributed by atoms with Crippen LogP contribution < -0.4 is 23.8 Å². The Kier molecular flexibility index (Phi) is 7.79. The molecule has 3 aromatic carbocycles. The van der Waals surface area contributed by atoms with Crippen LogP contribution in [-0.2, 0) is 13.1 Å². The van der Waals surface area contributed by atoms with Crippen LogP contribution >= 0.6 is 15.9 Å². The molecule has 1 aromatic heterocycles. The highest BCUT2D eigenvalue weighted by Gasteiger charge is 2.19. The molecule has 0 radical (unpaired) electrons. The molecule has 0 aliphatic carbocycles. The minimum absolute atomic E-state index is 0.102. The first-order valence-corrected chi connectivity index (χ1v) is 11.8. The first-order valence-electron chi connectivity index (χ1n) is 11.0. The first-order chi connectivity index (χ1) is 17.4. The number of fused-ring (bicyclic) bond motifs is 1. The predicted octanol–water partition coefficient (Wildman–Crippen LogP) is 6.52. The number of anilines is 1. The first kappa shape index (κ1) is 25.5. The van der Waals surface area contributed by atoms with E-state index in [1.807, 2.05) is 29.2 Å². The lowest BCUT2D eigenvalue weighted by Crippen LogP contribution is -2.24. The zero-order chi connectivity index (χ0) is 25.8. The van der Waals surface area contributed by atoms with Gasteiger partial charge in [-0.15, -0.1) is 0 Å². The van der Waals surface area contributed by atoms with Gasteiger partial charge in [0.2, 0.25) is 0 Å². The Morgan fingerprint density at radius 3 is 1.78 bits per heavy atom. The third-order valence-corrected chi connectivity index (χ3v) is 6.60. The Balaban J connectivity index is 1.82. The molecule has 0 amide bonds. The third-order valence-electron chi connectivity index (χ3n) is 5.84. The van der Waals surface area contributed by atoms with E-state index in [0.29, 0.717) is 41.9 Å². The molecule has 0 unspecified atom stereocenters. The van der Waals surface area contributed by atoms with Gasteiger partial charge in [0, 0.05) is 47.8 Å². The molecular weight excluding hydrogens is 534 g/mol. The molecule has 1 heterocycles. The van der Waals surface area contributed by atoms with E-state index in [1.54, 1.807) is 52.7 Å². The Morgan fingerprint density at radius 2 is 1.28 bits per heavy atom. The number of ether oxygens (including phenoxy) is 4. The molecule has 9 heteroatoms. The Labute approximate surface area is 216 Å². The monoisotopic (exact) mass is 558 g/mol. The number of rotatable bonds is 9. The average molecular weight is 559 g/mol. The fourth-order valence-electron chi connectivity index (χ4n) is 3.94. The second-order valence-electron chi connectivity index (χ2n) is 7.93. The molecule has 0 saturated carbocycles. The standard InChI is InChI=1S/C27H25BrF2N2O4/c1-33-18-7-5-16(23(11-18)35-3)14-32(15-17-6-8-19(34-2)12-24(17)36-4)25-10-9-20-21(29)13-22(30)26(28)27(20)31-25/h5-13H,14-15H2,1-4H3. The van der Waals surface area contributed by atoms with E-state index < -0.39 is 11.6 Å². The van der Waals surface area contributed by atoms with Gasteiger partial charge in [0.05, 0.1) is 38.4 Å². The summed E-state index contributed by atoms with van der Waals surface area (Å²) in [4.78, 5) is 6.61. The van der Waals surface area contributed by atoms with Crippen molar-refractivity contribution in [1.82, 2.24) is 4.98 Å². The van der Waals surface area contributed by atoms with Gasteiger partial charge in [0.1, 0.15) is 40.5 Å². The lowest BCUT2D eigenvalue weighted by atomic mass is 10.1. The molecular formula is C27H25BrF2N2O4. The maximum Gasteiger partial charge on any atom is 0.142 e. The van der Waals surface area contributed by atoms with E-state index in [2.05, 4.69) is 20.9 Å². The van der Waals surface area contributed by atoms with Crippen molar-refractivity contribution in [1.29, 1.82) is 0 Å². The van der Waals surface area contributed by atoms with Crippen molar-refractivity contribution in [2.45, 2.75) is 13.1 Å². The molecule has 0 spiro atoms. The maximum absolute atomic E-state index is 14.4. The zero-order valence-corrected chi connectivity index (χ0v) is 21.9. The fraction of sp³-hybridized carbons (Fsp3) is 0.222. The summed E-state index contributed by atoms with van der Waals surface area (Å²) in [5.74, 6) is 1.73. The number of halogens is 3. The predicted molar refractivity (Wildman–Crippen MR) is 138 cm³/mol. The Hall–Kier alpha value is -3.59. The molecule has 0 fully saturated rings. The van der Waals surface area contributed by atoms with Gasteiger partial charge >= 0.3 is 0 Å². The minimum Gasteiger partial charge on any atom is -0.497 e. The van der Waals surface area contributed by atoms with Crippen molar-refractivity contribution >= 4 is 32.7 Å². The van der Waals surface area contributed by atoms with Gasteiger partial charge in [-0.05, 0) is 52.3 Å². The number of hydrogen-bond acceptors (Lipinski definition) is 6. The molecule has 188 valence electrons. The summed E-state index contributed by atoms with van der Waals surface area (Å²) in [6.07, 6.45) is 0. The summed E-state index contributed by atoms with van der Waals surface area (Å²) in [7, 11) is 6.36. The number of methoxy groups -OCH3 is 4. The van der Waals surface area contributed by atoms with Crippen molar-refractivity contribution in [2.24, 2.45) is 0 Å². The van der Waals surface area contributed by atoms with E-state index >= 15 is 0 Å².